The monoisotopic (exact) mass is 383 g/mol. The Morgan fingerprint density at radius 1 is 1.08 bits per heavy atom. The predicted molar refractivity (Wildman–Crippen MR) is 107 cm³/mol. The van der Waals surface area contributed by atoms with E-state index in [2.05, 4.69) is 36.5 Å². The van der Waals surface area contributed by atoms with E-state index in [1.165, 1.54) is 5.56 Å². The molecule has 25 heavy (non-hydrogen) atoms. The minimum absolute atomic E-state index is 0. The predicted octanol–water partition coefficient (Wildman–Crippen LogP) is 5.17. The van der Waals surface area contributed by atoms with Gasteiger partial charge in [0.25, 0.3) is 0 Å². The highest BCUT2D eigenvalue weighted by atomic mass is 35.5. The van der Waals surface area contributed by atoms with Crippen LogP contribution in [-0.4, -0.2) is 19.8 Å². The third-order valence-corrected chi connectivity index (χ3v) is 3.93. The van der Waals surface area contributed by atoms with E-state index >= 15 is 0 Å². The van der Waals surface area contributed by atoms with Gasteiger partial charge in [-0.2, -0.15) is 0 Å². The van der Waals surface area contributed by atoms with Crippen LogP contribution in [0.1, 0.15) is 30.0 Å². The van der Waals surface area contributed by atoms with Crippen molar-refractivity contribution in [3.8, 4) is 5.75 Å². The van der Waals surface area contributed by atoms with Gasteiger partial charge in [0.2, 0.25) is 0 Å². The number of hydrogen-bond donors (Lipinski definition) is 1. The lowest BCUT2D eigenvalue weighted by Crippen LogP contribution is -2.17. The fourth-order valence-corrected chi connectivity index (χ4v) is 2.53. The van der Waals surface area contributed by atoms with Gasteiger partial charge in [-0.1, -0.05) is 41.4 Å². The fourth-order valence-electron chi connectivity index (χ4n) is 2.34. The van der Waals surface area contributed by atoms with Crippen molar-refractivity contribution >= 4 is 24.0 Å². The van der Waals surface area contributed by atoms with Crippen LogP contribution in [0.4, 0.5) is 0 Å². The third-order valence-electron chi connectivity index (χ3n) is 3.70. The van der Waals surface area contributed by atoms with E-state index in [-0.39, 0.29) is 12.4 Å². The molecule has 2 aromatic rings. The summed E-state index contributed by atoms with van der Waals surface area (Å²) >= 11 is 6.13. The molecule has 2 rings (SSSR count). The van der Waals surface area contributed by atoms with Crippen molar-refractivity contribution in [2.24, 2.45) is 0 Å². The van der Waals surface area contributed by atoms with Crippen LogP contribution in [0, 0.1) is 6.92 Å². The molecule has 0 bridgehead atoms. The van der Waals surface area contributed by atoms with E-state index in [4.69, 9.17) is 21.1 Å². The van der Waals surface area contributed by atoms with Crippen LogP contribution in [0.25, 0.3) is 0 Å². The number of hydrogen-bond acceptors (Lipinski definition) is 3. The van der Waals surface area contributed by atoms with Gasteiger partial charge >= 0.3 is 0 Å². The van der Waals surface area contributed by atoms with E-state index in [0.717, 1.165) is 54.6 Å². The second-order valence-corrected chi connectivity index (χ2v) is 6.19. The smallest absolute Gasteiger partial charge is 0.124 e. The SMILES string of the molecule is CCOCCCNCc1cc(Cl)ccc1OCc1ccc(C)cc1.Cl. The van der Waals surface area contributed by atoms with E-state index in [0.29, 0.717) is 6.61 Å². The van der Waals surface area contributed by atoms with Gasteiger partial charge < -0.3 is 14.8 Å². The molecule has 138 valence electrons. The maximum atomic E-state index is 6.13. The van der Waals surface area contributed by atoms with Gasteiger partial charge in [0.05, 0.1) is 0 Å². The zero-order chi connectivity index (χ0) is 17.2. The van der Waals surface area contributed by atoms with Gasteiger partial charge in [0.1, 0.15) is 12.4 Å². The van der Waals surface area contributed by atoms with Crippen molar-refractivity contribution in [2.75, 3.05) is 19.8 Å². The number of halogens is 2. The lowest BCUT2D eigenvalue weighted by atomic mass is 10.1. The number of rotatable bonds is 10. The van der Waals surface area contributed by atoms with Crippen LogP contribution in [0.5, 0.6) is 5.75 Å². The van der Waals surface area contributed by atoms with Crippen molar-refractivity contribution in [3.05, 3.63) is 64.2 Å². The summed E-state index contributed by atoms with van der Waals surface area (Å²) in [6, 6.07) is 14.1. The summed E-state index contributed by atoms with van der Waals surface area (Å²) in [6.07, 6.45) is 0.994. The molecule has 0 aliphatic carbocycles. The summed E-state index contributed by atoms with van der Waals surface area (Å²) in [5, 5.41) is 4.14. The fraction of sp³-hybridized carbons (Fsp3) is 0.400. The number of aryl methyl sites for hydroxylation is 1. The average Bonchev–Trinajstić information content (AvgIpc) is 2.58. The van der Waals surface area contributed by atoms with Crippen LogP contribution in [0.2, 0.25) is 5.02 Å². The molecule has 1 N–H and O–H groups in total. The first-order valence-electron chi connectivity index (χ1n) is 8.44. The Labute approximate surface area is 162 Å². The lowest BCUT2D eigenvalue weighted by Gasteiger charge is -2.13. The maximum Gasteiger partial charge on any atom is 0.124 e. The van der Waals surface area contributed by atoms with E-state index < -0.39 is 0 Å². The van der Waals surface area contributed by atoms with Crippen LogP contribution >= 0.6 is 24.0 Å². The highest BCUT2D eigenvalue weighted by molar-refractivity contribution is 6.30. The first-order valence-corrected chi connectivity index (χ1v) is 8.82. The summed E-state index contributed by atoms with van der Waals surface area (Å²) in [5.74, 6) is 0.872. The molecule has 0 radical (unpaired) electrons. The van der Waals surface area contributed by atoms with Gasteiger partial charge in [-0.15, -0.1) is 12.4 Å². The quantitative estimate of drug-likeness (QED) is 0.574. The highest BCUT2D eigenvalue weighted by Crippen LogP contribution is 2.24. The molecule has 5 heteroatoms. The molecule has 0 saturated carbocycles. The molecular formula is C20H27Cl2NO2. The van der Waals surface area contributed by atoms with Gasteiger partial charge in [-0.25, -0.2) is 0 Å². The van der Waals surface area contributed by atoms with Gasteiger partial charge in [0.15, 0.2) is 0 Å². The largest absolute Gasteiger partial charge is 0.489 e. The normalized spacial score (nSPS) is 10.4. The van der Waals surface area contributed by atoms with Gasteiger partial charge in [-0.05, 0) is 50.6 Å². The summed E-state index contributed by atoms with van der Waals surface area (Å²) in [6.45, 7) is 7.84. The summed E-state index contributed by atoms with van der Waals surface area (Å²) in [5.41, 5.74) is 3.49. The molecule has 0 saturated heterocycles. The molecule has 0 aliphatic rings. The first-order chi connectivity index (χ1) is 11.7. The van der Waals surface area contributed by atoms with Crippen LogP contribution in [0.3, 0.4) is 0 Å². The van der Waals surface area contributed by atoms with Gasteiger partial charge in [0, 0.05) is 30.3 Å². The topological polar surface area (TPSA) is 30.5 Å². The molecule has 0 heterocycles. The number of ether oxygens (including phenoxy) is 2. The van der Waals surface area contributed by atoms with E-state index in [9.17, 15) is 0 Å². The molecule has 0 atom stereocenters. The molecule has 0 fully saturated rings. The third kappa shape index (κ3) is 8.10. The standard InChI is InChI=1S/C20H26ClNO2.ClH/c1-3-23-12-4-11-22-14-18-13-19(21)9-10-20(18)24-15-17-7-5-16(2)6-8-17;/h5-10,13,22H,3-4,11-12,14-15H2,1-2H3;1H. The Hall–Kier alpha value is -1.26. The van der Waals surface area contributed by atoms with Crippen LogP contribution < -0.4 is 10.1 Å². The second-order valence-electron chi connectivity index (χ2n) is 5.75. The zero-order valence-corrected chi connectivity index (χ0v) is 16.5. The molecule has 0 aromatic heterocycles. The maximum absolute atomic E-state index is 6.13. The first kappa shape index (κ1) is 21.8. The van der Waals surface area contributed by atoms with Crippen molar-refractivity contribution in [1.82, 2.24) is 5.32 Å². The molecule has 0 unspecified atom stereocenters. The number of benzene rings is 2. The number of nitrogens with one attached hydrogen (secondary N) is 1. The minimum Gasteiger partial charge on any atom is -0.489 e. The Kier molecular flexibility index (Phi) is 10.6. The highest BCUT2D eigenvalue weighted by Gasteiger charge is 2.05. The van der Waals surface area contributed by atoms with E-state index in [1.807, 2.05) is 25.1 Å². The Bertz CT molecular complexity index is 618. The zero-order valence-electron chi connectivity index (χ0n) is 14.9. The molecule has 3 nitrogen and oxygen atoms in total. The molecular weight excluding hydrogens is 357 g/mol. The van der Waals surface area contributed by atoms with Crippen molar-refractivity contribution in [2.45, 2.75) is 33.4 Å². The second kappa shape index (κ2) is 12.2. The Morgan fingerprint density at radius 2 is 1.84 bits per heavy atom. The van der Waals surface area contributed by atoms with Crippen LogP contribution in [0.15, 0.2) is 42.5 Å². The van der Waals surface area contributed by atoms with Crippen molar-refractivity contribution in [3.63, 3.8) is 0 Å². The van der Waals surface area contributed by atoms with E-state index in [1.54, 1.807) is 0 Å². The lowest BCUT2D eigenvalue weighted by molar-refractivity contribution is 0.144. The Balaban J connectivity index is 0.00000312. The van der Waals surface area contributed by atoms with Crippen molar-refractivity contribution < 1.29 is 9.47 Å². The summed E-state index contributed by atoms with van der Waals surface area (Å²) in [7, 11) is 0. The average molecular weight is 384 g/mol. The molecule has 0 aliphatic heterocycles. The Morgan fingerprint density at radius 3 is 2.56 bits per heavy atom. The molecule has 0 amide bonds. The molecule has 2 aromatic carbocycles. The minimum atomic E-state index is 0. The van der Waals surface area contributed by atoms with Gasteiger partial charge in [-0.3, -0.25) is 0 Å². The summed E-state index contributed by atoms with van der Waals surface area (Å²) in [4.78, 5) is 0. The van der Waals surface area contributed by atoms with Crippen LogP contribution in [-0.2, 0) is 17.9 Å². The summed E-state index contributed by atoms with van der Waals surface area (Å²) < 4.78 is 11.3. The molecule has 0 spiro atoms. The van der Waals surface area contributed by atoms with Crippen molar-refractivity contribution in [1.29, 1.82) is 0 Å².